The van der Waals surface area contributed by atoms with Crippen LogP contribution in [0.25, 0.3) is 10.6 Å². The molecule has 1 saturated heterocycles. The van der Waals surface area contributed by atoms with Crippen LogP contribution in [-0.4, -0.2) is 34.5 Å². The number of piperazine rings is 1. The molecule has 29 heavy (non-hydrogen) atoms. The molecule has 0 aliphatic carbocycles. The minimum atomic E-state index is 0. The number of aromatic nitrogens is 2. The molecule has 1 atom stereocenters. The first-order valence-electron chi connectivity index (χ1n) is 9.60. The van der Waals surface area contributed by atoms with Gasteiger partial charge in [0.2, 0.25) is 0 Å². The zero-order valence-electron chi connectivity index (χ0n) is 16.7. The van der Waals surface area contributed by atoms with E-state index in [1.54, 1.807) is 11.3 Å². The lowest BCUT2D eigenvalue weighted by atomic mass is 10.0. The van der Waals surface area contributed by atoms with Crippen molar-refractivity contribution in [2.45, 2.75) is 32.4 Å². The minimum absolute atomic E-state index is 0. The molecule has 3 heterocycles. The fourth-order valence-electron chi connectivity index (χ4n) is 3.57. The lowest BCUT2D eigenvalue weighted by Crippen LogP contribution is -2.45. The van der Waals surface area contributed by atoms with Crippen molar-refractivity contribution in [3.8, 4) is 10.6 Å². The van der Waals surface area contributed by atoms with Crippen LogP contribution >= 0.6 is 36.2 Å². The maximum atomic E-state index is 4.92. The van der Waals surface area contributed by atoms with Crippen LogP contribution in [0.15, 0.2) is 54.2 Å². The number of benzene rings is 1. The molecule has 0 saturated carbocycles. The van der Waals surface area contributed by atoms with Crippen molar-refractivity contribution < 1.29 is 0 Å². The Morgan fingerprint density at radius 2 is 1.97 bits per heavy atom. The van der Waals surface area contributed by atoms with Gasteiger partial charge < -0.3 is 5.32 Å². The highest BCUT2D eigenvalue weighted by atomic mass is 35.5. The number of rotatable bonds is 5. The molecule has 1 aromatic carbocycles. The first-order chi connectivity index (χ1) is 13.2. The molecule has 3 aromatic rings. The van der Waals surface area contributed by atoms with Gasteiger partial charge in [-0.1, -0.05) is 44.2 Å². The molecule has 2 aromatic heterocycles. The van der Waals surface area contributed by atoms with Gasteiger partial charge in [-0.3, -0.25) is 9.88 Å². The zero-order valence-corrected chi connectivity index (χ0v) is 19.2. The molecule has 1 aliphatic rings. The Kier molecular flexibility index (Phi) is 9.05. The van der Waals surface area contributed by atoms with Gasteiger partial charge in [0, 0.05) is 55.6 Å². The van der Waals surface area contributed by atoms with E-state index < -0.39 is 0 Å². The summed E-state index contributed by atoms with van der Waals surface area (Å²) in [7, 11) is 0. The van der Waals surface area contributed by atoms with Crippen LogP contribution in [0.5, 0.6) is 0 Å². The Bertz CT molecular complexity index is 868. The van der Waals surface area contributed by atoms with Gasteiger partial charge in [0.15, 0.2) is 0 Å². The van der Waals surface area contributed by atoms with Gasteiger partial charge in [-0.25, -0.2) is 4.98 Å². The molecular formula is C22H28Cl2N4S. The van der Waals surface area contributed by atoms with E-state index in [0.717, 1.165) is 36.9 Å². The Labute approximate surface area is 189 Å². The smallest absolute Gasteiger partial charge is 0.123 e. The van der Waals surface area contributed by atoms with Gasteiger partial charge in [-0.15, -0.1) is 36.2 Å². The average Bonchev–Trinajstić information content (AvgIpc) is 3.18. The molecule has 1 aliphatic heterocycles. The molecule has 4 nitrogen and oxygen atoms in total. The molecule has 0 amide bonds. The number of hydrogen-bond donors (Lipinski definition) is 1. The van der Waals surface area contributed by atoms with E-state index >= 15 is 0 Å². The van der Waals surface area contributed by atoms with Gasteiger partial charge >= 0.3 is 0 Å². The minimum Gasteiger partial charge on any atom is -0.314 e. The third kappa shape index (κ3) is 5.77. The van der Waals surface area contributed by atoms with E-state index in [2.05, 4.69) is 64.8 Å². The second-order valence-corrected chi connectivity index (χ2v) is 8.26. The van der Waals surface area contributed by atoms with E-state index in [0.29, 0.717) is 12.0 Å². The molecule has 1 fully saturated rings. The third-order valence-corrected chi connectivity index (χ3v) is 6.10. The average molecular weight is 451 g/mol. The SMILES string of the molecule is CC(C)c1ccc(-c2nc(CN3CCNCC3c3cccnc3)cs2)cc1.Cl.Cl. The number of thiazole rings is 1. The second kappa shape index (κ2) is 11.0. The lowest BCUT2D eigenvalue weighted by Gasteiger charge is -2.35. The summed E-state index contributed by atoms with van der Waals surface area (Å²) in [4.78, 5) is 11.7. The van der Waals surface area contributed by atoms with Gasteiger partial charge in [0.05, 0.1) is 5.69 Å². The molecule has 1 N–H and O–H groups in total. The summed E-state index contributed by atoms with van der Waals surface area (Å²) in [5, 5.41) is 6.81. The molecule has 0 radical (unpaired) electrons. The van der Waals surface area contributed by atoms with Crippen LogP contribution in [-0.2, 0) is 6.54 Å². The zero-order chi connectivity index (χ0) is 18.6. The predicted octanol–water partition coefficient (Wildman–Crippen LogP) is 5.32. The van der Waals surface area contributed by atoms with Crippen LogP contribution in [0, 0.1) is 0 Å². The van der Waals surface area contributed by atoms with Gasteiger partial charge in [-0.05, 0) is 23.1 Å². The monoisotopic (exact) mass is 450 g/mol. The van der Waals surface area contributed by atoms with Crippen LogP contribution in [0.4, 0.5) is 0 Å². The first kappa shape index (κ1) is 23.8. The Hall–Kier alpha value is -1.50. The fraction of sp³-hybridized carbons (Fsp3) is 0.364. The number of hydrogen-bond acceptors (Lipinski definition) is 5. The predicted molar refractivity (Wildman–Crippen MR) is 126 cm³/mol. The van der Waals surface area contributed by atoms with E-state index in [1.165, 1.54) is 16.7 Å². The van der Waals surface area contributed by atoms with Gasteiger partial charge in [-0.2, -0.15) is 0 Å². The highest BCUT2D eigenvalue weighted by Gasteiger charge is 2.24. The van der Waals surface area contributed by atoms with Gasteiger partial charge in [0.25, 0.3) is 0 Å². The molecule has 1 unspecified atom stereocenters. The maximum absolute atomic E-state index is 4.92. The number of nitrogens with one attached hydrogen (secondary N) is 1. The standard InChI is InChI=1S/C22H26N4S.2ClH/c1-16(2)17-5-7-18(8-6-17)22-25-20(15-27-22)14-26-11-10-24-13-21(26)19-4-3-9-23-12-19;;/h3-9,12,15-16,21,24H,10-11,13-14H2,1-2H3;2*1H. The van der Waals surface area contributed by atoms with Crippen LogP contribution < -0.4 is 5.32 Å². The van der Waals surface area contributed by atoms with E-state index in [9.17, 15) is 0 Å². The van der Waals surface area contributed by atoms with Crippen molar-refractivity contribution in [2.24, 2.45) is 0 Å². The Morgan fingerprint density at radius 3 is 2.66 bits per heavy atom. The lowest BCUT2D eigenvalue weighted by molar-refractivity contribution is 0.152. The van der Waals surface area contributed by atoms with Crippen molar-refractivity contribution in [3.63, 3.8) is 0 Å². The summed E-state index contributed by atoms with van der Waals surface area (Å²) >= 11 is 1.74. The van der Waals surface area contributed by atoms with E-state index in [4.69, 9.17) is 4.98 Å². The largest absolute Gasteiger partial charge is 0.314 e. The second-order valence-electron chi connectivity index (χ2n) is 7.40. The third-order valence-electron chi connectivity index (χ3n) is 5.16. The molecule has 4 rings (SSSR count). The number of nitrogens with zero attached hydrogens (tertiary/aromatic N) is 3. The van der Waals surface area contributed by atoms with Gasteiger partial charge in [0.1, 0.15) is 5.01 Å². The van der Waals surface area contributed by atoms with Crippen molar-refractivity contribution in [2.75, 3.05) is 19.6 Å². The topological polar surface area (TPSA) is 41.1 Å². The van der Waals surface area contributed by atoms with E-state index in [1.807, 2.05) is 18.5 Å². The highest BCUT2D eigenvalue weighted by molar-refractivity contribution is 7.13. The van der Waals surface area contributed by atoms with Crippen molar-refractivity contribution >= 4 is 36.2 Å². The first-order valence-corrected chi connectivity index (χ1v) is 10.5. The Balaban J connectivity index is 0.00000150. The highest BCUT2D eigenvalue weighted by Crippen LogP contribution is 2.28. The van der Waals surface area contributed by atoms with E-state index in [-0.39, 0.29) is 24.8 Å². The van der Waals surface area contributed by atoms with Crippen LogP contribution in [0.2, 0.25) is 0 Å². The van der Waals surface area contributed by atoms with Crippen molar-refractivity contribution in [1.29, 1.82) is 0 Å². The number of halogens is 2. The van der Waals surface area contributed by atoms with Crippen molar-refractivity contribution in [3.05, 3.63) is 71.0 Å². The summed E-state index contributed by atoms with van der Waals surface area (Å²) in [6.45, 7) is 8.33. The molecular weight excluding hydrogens is 423 g/mol. The Morgan fingerprint density at radius 1 is 1.17 bits per heavy atom. The van der Waals surface area contributed by atoms with Crippen molar-refractivity contribution in [1.82, 2.24) is 20.2 Å². The maximum Gasteiger partial charge on any atom is 0.123 e. The fourth-order valence-corrected chi connectivity index (χ4v) is 4.39. The summed E-state index contributed by atoms with van der Waals surface area (Å²) in [6.07, 6.45) is 3.81. The molecule has 0 bridgehead atoms. The quantitative estimate of drug-likeness (QED) is 0.570. The summed E-state index contributed by atoms with van der Waals surface area (Å²) in [5.41, 5.74) is 5.00. The molecule has 0 spiro atoms. The molecule has 156 valence electrons. The van der Waals surface area contributed by atoms with Crippen LogP contribution in [0.3, 0.4) is 0 Å². The summed E-state index contributed by atoms with van der Waals surface area (Å²) in [5.74, 6) is 0.558. The summed E-state index contributed by atoms with van der Waals surface area (Å²) < 4.78 is 0. The summed E-state index contributed by atoms with van der Waals surface area (Å²) in [6, 6.07) is 13.4. The molecule has 7 heteroatoms. The van der Waals surface area contributed by atoms with Crippen LogP contribution in [0.1, 0.15) is 42.6 Å². The number of pyridine rings is 1. The normalized spacial score (nSPS) is 16.9.